The van der Waals surface area contributed by atoms with Crippen molar-refractivity contribution in [3.63, 3.8) is 0 Å². The number of hydrogen-bond acceptors (Lipinski definition) is 7. The number of thiophene rings is 1. The quantitative estimate of drug-likeness (QED) is 0.135. The third kappa shape index (κ3) is 9.28. The number of para-hydroxylation sites is 4. The average molecular weight is 1470 g/mol. The monoisotopic (exact) mass is 1470 g/mol. The largest absolute Gasteiger partial charge is 0.309 e. The van der Waals surface area contributed by atoms with Crippen LogP contribution in [0.4, 0.5) is 0 Å². The van der Waals surface area contributed by atoms with E-state index >= 15 is 0 Å². The summed E-state index contributed by atoms with van der Waals surface area (Å²) in [7, 11) is 0. The van der Waals surface area contributed by atoms with Crippen LogP contribution in [0.15, 0.2) is 358 Å². The van der Waals surface area contributed by atoms with E-state index in [1.54, 1.807) is 0 Å². The molecule has 0 aliphatic rings. The van der Waals surface area contributed by atoms with Crippen LogP contribution in [0.3, 0.4) is 0 Å². The van der Waals surface area contributed by atoms with Gasteiger partial charge in [-0.2, -0.15) is 0 Å². The Hall–Kier alpha value is -15.1. The van der Waals surface area contributed by atoms with E-state index in [1.807, 2.05) is 23.5 Å². The lowest BCUT2D eigenvalue weighted by Crippen LogP contribution is -1.99. The second-order valence-electron chi connectivity index (χ2n) is 30.0. The summed E-state index contributed by atoms with van der Waals surface area (Å²) in [6.45, 7) is 0. The lowest BCUT2D eigenvalue weighted by atomic mass is 9.94. The Morgan fingerprint density at radius 2 is 0.702 bits per heavy atom. The maximum absolute atomic E-state index is 5.68. The highest BCUT2D eigenvalue weighted by molar-refractivity contribution is 7.26. The molecule has 0 aliphatic carbocycles. The SMILES string of the molecule is c1ccc(-c2cc(-c3ccccc3)nc(-c3ccc(-c4cc(-c5ccccc5)nc(-c5cc6c7c8c(cc(-c9ccc%10c%11c%12cccc(-c%13nc(-c%14ccccc%14)c%14ccccc%14n%13)c%12cc%12c%13cccc%14sc%15cccc(c%15c%14%13)n(c%10c9)c%12%11)cc8n6-c6ccccc6)c6cccc8c9ccccc9n(c7c5)c68)n4)cc3)n2)cc1. The maximum atomic E-state index is 5.68. The van der Waals surface area contributed by atoms with Gasteiger partial charge in [0.1, 0.15) is 0 Å². The molecule has 9 heterocycles. The molecule has 0 radical (unpaired) electrons. The fraction of sp³-hybridized carbons (Fsp3) is 0. The van der Waals surface area contributed by atoms with Crippen LogP contribution in [0.5, 0.6) is 0 Å². The number of nitrogens with zero attached hydrogens (tertiary/aromatic N) is 9. The van der Waals surface area contributed by atoms with E-state index in [-0.39, 0.29) is 0 Å². The average Bonchev–Trinajstić information content (AvgIpc) is 1.52. The maximum Gasteiger partial charge on any atom is 0.161 e. The van der Waals surface area contributed by atoms with Gasteiger partial charge in [-0.15, -0.1) is 11.3 Å². The smallest absolute Gasteiger partial charge is 0.161 e. The molecule has 0 saturated carbocycles. The van der Waals surface area contributed by atoms with E-state index in [2.05, 4.69) is 359 Å². The number of rotatable bonds is 10. The molecule has 0 unspecified atom stereocenters. The van der Waals surface area contributed by atoms with Gasteiger partial charge in [-0.1, -0.05) is 267 Å². The van der Waals surface area contributed by atoms with Crippen LogP contribution in [0.1, 0.15) is 0 Å². The Kier molecular flexibility index (Phi) is 13.3. The normalized spacial score (nSPS) is 12.2. The Morgan fingerprint density at radius 3 is 1.40 bits per heavy atom. The summed E-state index contributed by atoms with van der Waals surface area (Å²) in [4.78, 5) is 32.7. The zero-order valence-corrected chi connectivity index (χ0v) is 61.8. The molecule has 0 amide bonds. The molecule has 25 aromatic rings. The first-order valence-electron chi connectivity index (χ1n) is 38.6. The minimum atomic E-state index is 0.608. The Bertz CT molecular complexity index is 8260. The van der Waals surface area contributed by atoms with Crippen LogP contribution in [-0.2, 0) is 0 Å². The number of hydrogen-bond donors (Lipinski definition) is 0. The van der Waals surface area contributed by atoms with E-state index < -0.39 is 0 Å². The van der Waals surface area contributed by atoms with Crippen molar-refractivity contribution in [2.45, 2.75) is 0 Å². The molecule has 16 aromatic carbocycles. The molecule has 9 nitrogen and oxygen atoms in total. The van der Waals surface area contributed by atoms with E-state index in [4.69, 9.17) is 29.9 Å². The Balaban J connectivity index is 0.736. The summed E-state index contributed by atoms with van der Waals surface area (Å²) in [5, 5.41) is 17.6. The minimum absolute atomic E-state index is 0.608. The van der Waals surface area contributed by atoms with E-state index in [9.17, 15) is 0 Å². The highest BCUT2D eigenvalue weighted by Crippen LogP contribution is 2.52. The van der Waals surface area contributed by atoms with Gasteiger partial charge in [0.25, 0.3) is 0 Å². The van der Waals surface area contributed by atoms with Gasteiger partial charge in [0.15, 0.2) is 17.5 Å². The molecule has 0 fully saturated rings. The van der Waals surface area contributed by atoms with Crippen molar-refractivity contribution in [1.29, 1.82) is 0 Å². The molecule has 9 aromatic heterocycles. The summed E-state index contributed by atoms with van der Waals surface area (Å²) in [5.41, 5.74) is 25.2. The van der Waals surface area contributed by atoms with Crippen LogP contribution in [0, 0.1) is 0 Å². The van der Waals surface area contributed by atoms with Gasteiger partial charge < -0.3 is 13.4 Å². The molecule has 0 spiro atoms. The van der Waals surface area contributed by atoms with Gasteiger partial charge >= 0.3 is 0 Å². The molecular formula is C104H59N9S. The minimum Gasteiger partial charge on any atom is -0.309 e. The fourth-order valence-corrected chi connectivity index (χ4v) is 19.8. The van der Waals surface area contributed by atoms with Crippen molar-refractivity contribution in [3.05, 3.63) is 358 Å². The lowest BCUT2D eigenvalue weighted by Gasteiger charge is -2.13. The van der Waals surface area contributed by atoms with Crippen LogP contribution >= 0.6 is 11.3 Å². The topological polar surface area (TPSA) is 91.1 Å². The summed E-state index contributed by atoms with van der Waals surface area (Å²) < 4.78 is 10.2. The zero-order valence-electron chi connectivity index (χ0n) is 61.0. The molecule has 25 rings (SSSR count). The molecule has 0 atom stereocenters. The van der Waals surface area contributed by atoms with Crippen molar-refractivity contribution >= 4 is 151 Å². The second kappa shape index (κ2) is 24.2. The third-order valence-electron chi connectivity index (χ3n) is 23.7. The number of aromatic nitrogens is 9. The van der Waals surface area contributed by atoms with Crippen molar-refractivity contribution in [3.8, 4) is 107 Å². The molecule has 0 bridgehead atoms. The standard InChI is InChI=1S/C104H59N9S/c1-6-24-60(25-7-1)82-58-83(61-26-8-2-9-27-61)107-102(106-82)65-48-46-63(47-49-65)85-59-84(62-28-10-3-11-29-62)108-103(109-85)68-55-90-97-91(56-68)112-86-42-19-17-34-70(86)73-38-21-39-74(100(73)112)79-52-67(54-89(95(79)97)111(90)69-32-14-5-15-33-69)66-50-51-77-88(53-66)113-87-43-23-45-93-98(87)96-72(37-22-44-92(96)114-93)80-57-78-71(94(77)101(80)113)36-20-40-75(78)104-105-81-41-18-16-35-76(81)99(110-104)64-30-12-4-13-31-64/h1-59H. The summed E-state index contributed by atoms with van der Waals surface area (Å²) in [6.07, 6.45) is 0. The summed E-state index contributed by atoms with van der Waals surface area (Å²) in [6, 6.07) is 129. The van der Waals surface area contributed by atoms with Crippen molar-refractivity contribution in [2.75, 3.05) is 0 Å². The lowest BCUT2D eigenvalue weighted by molar-refractivity contribution is 1.17. The second-order valence-corrected chi connectivity index (χ2v) is 31.0. The van der Waals surface area contributed by atoms with E-state index in [1.165, 1.54) is 68.9 Å². The molecule has 526 valence electrons. The first-order chi connectivity index (χ1) is 56.5. The van der Waals surface area contributed by atoms with Crippen LogP contribution in [0.2, 0.25) is 0 Å². The predicted molar refractivity (Wildman–Crippen MR) is 474 cm³/mol. The summed E-state index contributed by atoms with van der Waals surface area (Å²) >= 11 is 1.87. The predicted octanol–water partition coefficient (Wildman–Crippen LogP) is 27.1. The zero-order chi connectivity index (χ0) is 74.4. The van der Waals surface area contributed by atoms with Crippen LogP contribution in [0.25, 0.3) is 247 Å². The first-order valence-corrected chi connectivity index (χ1v) is 39.5. The van der Waals surface area contributed by atoms with Crippen molar-refractivity contribution in [1.82, 2.24) is 43.3 Å². The van der Waals surface area contributed by atoms with Gasteiger partial charge in [0.05, 0.1) is 78.1 Å². The Labute approximate surface area is 655 Å². The van der Waals surface area contributed by atoms with Crippen LogP contribution < -0.4 is 0 Å². The van der Waals surface area contributed by atoms with Gasteiger partial charge in [-0.3, -0.25) is 0 Å². The first kappa shape index (κ1) is 62.8. The van der Waals surface area contributed by atoms with Crippen LogP contribution in [-0.4, -0.2) is 43.3 Å². The molecule has 10 heteroatoms. The van der Waals surface area contributed by atoms with Crippen molar-refractivity contribution in [2.24, 2.45) is 0 Å². The molecule has 0 saturated heterocycles. The summed E-state index contributed by atoms with van der Waals surface area (Å²) in [5.74, 6) is 1.95. The highest BCUT2D eigenvalue weighted by atomic mass is 32.1. The van der Waals surface area contributed by atoms with Gasteiger partial charge in [0, 0.05) is 119 Å². The molecule has 114 heavy (non-hydrogen) atoms. The number of fused-ring (bicyclic) bond motifs is 13. The van der Waals surface area contributed by atoms with Gasteiger partial charge in [0.2, 0.25) is 0 Å². The van der Waals surface area contributed by atoms with Crippen molar-refractivity contribution < 1.29 is 0 Å². The molecule has 0 N–H and O–H groups in total. The molecular weight excluding hydrogens is 1410 g/mol. The van der Waals surface area contributed by atoms with Gasteiger partial charge in [-0.05, 0) is 124 Å². The Morgan fingerprint density at radius 1 is 0.211 bits per heavy atom. The third-order valence-corrected chi connectivity index (χ3v) is 24.8. The van der Waals surface area contributed by atoms with E-state index in [0.29, 0.717) is 17.5 Å². The number of benzene rings is 16. The fourth-order valence-electron chi connectivity index (χ4n) is 18.7. The van der Waals surface area contributed by atoms with E-state index in [0.717, 1.165) is 161 Å². The van der Waals surface area contributed by atoms with Gasteiger partial charge in [-0.25, -0.2) is 29.9 Å². The molecule has 0 aliphatic heterocycles. The highest BCUT2D eigenvalue weighted by Gasteiger charge is 2.29.